The SMILES string of the molecule is COc1cc(CNC(=O)c2cc(Cl)ccc2OCc2ccccc2)cc(OC)c1OC. The Labute approximate surface area is 186 Å². The van der Waals surface area contributed by atoms with Crippen LogP contribution >= 0.6 is 11.6 Å². The van der Waals surface area contributed by atoms with Crippen molar-refractivity contribution in [1.82, 2.24) is 5.32 Å². The molecule has 162 valence electrons. The maximum absolute atomic E-state index is 12.9. The van der Waals surface area contributed by atoms with Crippen molar-refractivity contribution in [2.75, 3.05) is 21.3 Å². The van der Waals surface area contributed by atoms with E-state index < -0.39 is 0 Å². The smallest absolute Gasteiger partial charge is 0.255 e. The zero-order valence-electron chi connectivity index (χ0n) is 17.6. The van der Waals surface area contributed by atoms with Crippen LogP contribution in [0.4, 0.5) is 0 Å². The van der Waals surface area contributed by atoms with Crippen molar-refractivity contribution in [1.29, 1.82) is 0 Å². The molecule has 6 nitrogen and oxygen atoms in total. The normalized spacial score (nSPS) is 10.3. The molecule has 0 heterocycles. The standard InChI is InChI=1S/C24H24ClNO5/c1-28-21-11-17(12-22(29-2)23(21)30-3)14-26-24(27)19-13-18(25)9-10-20(19)31-15-16-7-5-4-6-8-16/h4-13H,14-15H2,1-3H3,(H,26,27). The molecule has 0 fully saturated rings. The van der Waals surface area contributed by atoms with E-state index in [1.54, 1.807) is 44.6 Å². The summed E-state index contributed by atoms with van der Waals surface area (Å²) in [6.07, 6.45) is 0. The quantitative estimate of drug-likeness (QED) is 0.513. The summed E-state index contributed by atoms with van der Waals surface area (Å²) in [6.45, 7) is 0.593. The van der Waals surface area contributed by atoms with E-state index in [0.717, 1.165) is 11.1 Å². The van der Waals surface area contributed by atoms with Crippen LogP contribution in [0.1, 0.15) is 21.5 Å². The number of amides is 1. The molecule has 0 aromatic heterocycles. The lowest BCUT2D eigenvalue weighted by Gasteiger charge is -2.15. The molecule has 3 rings (SSSR count). The van der Waals surface area contributed by atoms with Gasteiger partial charge < -0.3 is 24.3 Å². The number of nitrogens with one attached hydrogen (secondary N) is 1. The molecule has 0 radical (unpaired) electrons. The Hall–Kier alpha value is -3.38. The van der Waals surface area contributed by atoms with Gasteiger partial charge in [-0.05, 0) is 41.5 Å². The van der Waals surface area contributed by atoms with E-state index in [4.69, 9.17) is 30.5 Å². The molecule has 0 spiro atoms. The molecule has 0 bridgehead atoms. The van der Waals surface area contributed by atoms with Crippen molar-refractivity contribution in [3.63, 3.8) is 0 Å². The fraction of sp³-hybridized carbons (Fsp3) is 0.208. The molecule has 1 N–H and O–H groups in total. The Balaban J connectivity index is 1.75. The van der Waals surface area contributed by atoms with Gasteiger partial charge in [-0.1, -0.05) is 41.9 Å². The third-order valence-electron chi connectivity index (χ3n) is 4.60. The molecule has 0 atom stereocenters. The highest BCUT2D eigenvalue weighted by Crippen LogP contribution is 2.38. The Bertz CT molecular complexity index is 1010. The lowest BCUT2D eigenvalue weighted by molar-refractivity contribution is 0.0946. The molecule has 0 aliphatic heterocycles. The van der Waals surface area contributed by atoms with Crippen LogP contribution in [0.15, 0.2) is 60.7 Å². The van der Waals surface area contributed by atoms with Crippen LogP contribution in [0.5, 0.6) is 23.0 Å². The minimum absolute atomic E-state index is 0.250. The van der Waals surface area contributed by atoms with E-state index in [0.29, 0.717) is 40.2 Å². The number of halogens is 1. The van der Waals surface area contributed by atoms with E-state index in [1.165, 1.54) is 7.11 Å². The summed E-state index contributed by atoms with van der Waals surface area (Å²) < 4.78 is 21.9. The van der Waals surface area contributed by atoms with Gasteiger partial charge in [0.05, 0.1) is 26.9 Å². The molecule has 3 aromatic carbocycles. The first kappa shape index (κ1) is 22.3. The minimum atomic E-state index is -0.306. The van der Waals surface area contributed by atoms with Gasteiger partial charge in [0.2, 0.25) is 5.75 Å². The first-order chi connectivity index (χ1) is 15.0. The number of hydrogen-bond acceptors (Lipinski definition) is 5. The third-order valence-corrected chi connectivity index (χ3v) is 4.84. The average molecular weight is 442 g/mol. The molecular formula is C24H24ClNO5. The highest BCUT2D eigenvalue weighted by Gasteiger charge is 2.16. The van der Waals surface area contributed by atoms with Crippen molar-refractivity contribution >= 4 is 17.5 Å². The molecule has 0 saturated carbocycles. The van der Waals surface area contributed by atoms with Gasteiger partial charge in [0, 0.05) is 11.6 Å². The second-order valence-corrected chi connectivity index (χ2v) is 7.07. The molecule has 0 aliphatic rings. The highest BCUT2D eigenvalue weighted by atomic mass is 35.5. The lowest BCUT2D eigenvalue weighted by Crippen LogP contribution is -2.23. The molecule has 1 amide bonds. The summed E-state index contributed by atoms with van der Waals surface area (Å²) in [5.41, 5.74) is 2.15. The molecular weight excluding hydrogens is 418 g/mol. The van der Waals surface area contributed by atoms with Crippen molar-refractivity contribution in [3.05, 3.63) is 82.4 Å². The van der Waals surface area contributed by atoms with Crippen molar-refractivity contribution in [2.24, 2.45) is 0 Å². The highest BCUT2D eigenvalue weighted by molar-refractivity contribution is 6.31. The maximum Gasteiger partial charge on any atom is 0.255 e. The van der Waals surface area contributed by atoms with Gasteiger partial charge in [-0.3, -0.25) is 4.79 Å². The molecule has 31 heavy (non-hydrogen) atoms. The van der Waals surface area contributed by atoms with Crippen LogP contribution in [-0.4, -0.2) is 27.2 Å². The van der Waals surface area contributed by atoms with Crippen molar-refractivity contribution in [2.45, 2.75) is 13.2 Å². The number of methoxy groups -OCH3 is 3. The first-order valence-corrected chi connectivity index (χ1v) is 9.97. The molecule has 3 aromatic rings. The Morgan fingerprint density at radius 1 is 0.839 bits per heavy atom. The van der Waals surface area contributed by atoms with Crippen LogP contribution in [0.25, 0.3) is 0 Å². The number of benzene rings is 3. The summed E-state index contributed by atoms with van der Waals surface area (Å²) in [4.78, 5) is 12.9. The maximum atomic E-state index is 12.9. The Morgan fingerprint density at radius 3 is 2.13 bits per heavy atom. The van der Waals surface area contributed by atoms with E-state index in [9.17, 15) is 4.79 Å². The van der Waals surface area contributed by atoms with Crippen molar-refractivity contribution < 1.29 is 23.7 Å². The minimum Gasteiger partial charge on any atom is -0.493 e. The van der Waals surface area contributed by atoms with E-state index in [1.807, 2.05) is 30.3 Å². The van der Waals surface area contributed by atoms with E-state index in [2.05, 4.69) is 5.32 Å². The number of ether oxygens (including phenoxy) is 4. The molecule has 7 heteroatoms. The third kappa shape index (κ3) is 5.61. The topological polar surface area (TPSA) is 66.0 Å². The number of hydrogen-bond donors (Lipinski definition) is 1. The summed E-state index contributed by atoms with van der Waals surface area (Å²) in [7, 11) is 4.63. The second kappa shape index (κ2) is 10.6. The van der Waals surface area contributed by atoms with Gasteiger partial charge >= 0.3 is 0 Å². The summed E-state index contributed by atoms with van der Waals surface area (Å²) >= 11 is 6.13. The van der Waals surface area contributed by atoms with E-state index in [-0.39, 0.29) is 12.5 Å². The molecule has 0 saturated heterocycles. The van der Waals surface area contributed by atoms with Gasteiger partial charge in [-0.25, -0.2) is 0 Å². The molecule has 0 aliphatic carbocycles. The zero-order chi connectivity index (χ0) is 22.2. The first-order valence-electron chi connectivity index (χ1n) is 9.59. The van der Waals surface area contributed by atoms with Crippen LogP contribution in [0.3, 0.4) is 0 Å². The average Bonchev–Trinajstić information content (AvgIpc) is 2.81. The van der Waals surface area contributed by atoms with Gasteiger partial charge in [0.1, 0.15) is 12.4 Å². The Morgan fingerprint density at radius 2 is 1.52 bits per heavy atom. The van der Waals surface area contributed by atoms with E-state index >= 15 is 0 Å². The summed E-state index contributed by atoms with van der Waals surface area (Å²) in [5, 5.41) is 3.34. The largest absolute Gasteiger partial charge is 0.493 e. The van der Waals surface area contributed by atoms with Gasteiger partial charge in [0.25, 0.3) is 5.91 Å². The number of carbonyl (C=O) groups excluding carboxylic acids is 1. The fourth-order valence-corrected chi connectivity index (χ4v) is 3.23. The summed E-state index contributed by atoms with van der Waals surface area (Å²) in [6, 6.07) is 18.3. The number of carbonyl (C=O) groups is 1. The van der Waals surface area contributed by atoms with Crippen LogP contribution in [-0.2, 0) is 13.2 Å². The lowest BCUT2D eigenvalue weighted by atomic mass is 10.1. The fourth-order valence-electron chi connectivity index (χ4n) is 3.06. The number of rotatable bonds is 9. The van der Waals surface area contributed by atoms with Crippen LogP contribution in [0, 0.1) is 0 Å². The van der Waals surface area contributed by atoms with Gasteiger partial charge in [0.15, 0.2) is 11.5 Å². The zero-order valence-corrected chi connectivity index (χ0v) is 18.4. The van der Waals surface area contributed by atoms with Crippen molar-refractivity contribution in [3.8, 4) is 23.0 Å². The Kier molecular flexibility index (Phi) is 7.62. The van der Waals surface area contributed by atoms with Gasteiger partial charge in [-0.15, -0.1) is 0 Å². The summed E-state index contributed by atoms with van der Waals surface area (Å²) in [5.74, 6) is 1.67. The van der Waals surface area contributed by atoms with Crippen LogP contribution in [0.2, 0.25) is 5.02 Å². The monoisotopic (exact) mass is 441 g/mol. The van der Waals surface area contributed by atoms with Gasteiger partial charge in [-0.2, -0.15) is 0 Å². The predicted molar refractivity (Wildman–Crippen MR) is 119 cm³/mol. The predicted octanol–water partition coefficient (Wildman–Crippen LogP) is 4.87. The van der Waals surface area contributed by atoms with Crippen LogP contribution < -0.4 is 24.3 Å². The molecule has 0 unspecified atom stereocenters. The second-order valence-electron chi connectivity index (χ2n) is 6.63.